The van der Waals surface area contributed by atoms with Crippen molar-refractivity contribution in [2.75, 3.05) is 0 Å². The molecule has 0 saturated carbocycles. The number of esters is 1. The van der Waals surface area contributed by atoms with Crippen molar-refractivity contribution in [3.63, 3.8) is 0 Å². The fraction of sp³-hybridized carbons (Fsp3) is 0.238. The van der Waals surface area contributed by atoms with E-state index in [1.54, 1.807) is 0 Å². The van der Waals surface area contributed by atoms with Gasteiger partial charge >= 0.3 is 11.9 Å². The molecule has 0 amide bonds. The normalized spacial score (nSPS) is 9.80. The first-order chi connectivity index (χ1) is 12.1. The number of carbonyl (C=O) groups is 2. The molecule has 4 nitrogen and oxygen atoms in total. The zero-order chi connectivity index (χ0) is 18.1. The summed E-state index contributed by atoms with van der Waals surface area (Å²) in [4.78, 5) is 21.8. The van der Waals surface area contributed by atoms with Crippen molar-refractivity contribution in [1.82, 2.24) is 0 Å². The van der Waals surface area contributed by atoms with Gasteiger partial charge in [-0.05, 0) is 41.8 Å². The smallest absolute Gasteiger partial charge is 0.306 e. The average molecular weight is 336 g/mol. The van der Waals surface area contributed by atoms with Crippen LogP contribution in [0.4, 0.5) is 0 Å². The van der Waals surface area contributed by atoms with Gasteiger partial charge in [0.05, 0.1) is 12.8 Å². The Morgan fingerprint density at radius 2 is 1.68 bits per heavy atom. The number of carboxylic acids is 1. The van der Waals surface area contributed by atoms with Gasteiger partial charge in [0.1, 0.15) is 6.61 Å². The van der Waals surface area contributed by atoms with E-state index in [1.807, 2.05) is 36.4 Å². The van der Waals surface area contributed by atoms with Gasteiger partial charge in [-0.1, -0.05) is 43.0 Å². The largest absolute Gasteiger partial charge is 0.481 e. The molecule has 1 N–H and O–H groups in total. The molecule has 0 aromatic heterocycles. The van der Waals surface area contributed by atoms with Gasteiger partial charge in [-0.3, -0.25) is 9.59 Å². The zero-order valence-corrected chi connectivity index (χ0v) is 14.1. The molecule has 0 bridgehead atoms. The number of hydrogen-bond acceptors (Lipinski definition) is 3. The van der Waals surface area contributed by atoms with Gasteiger partial charge in [-0.15, -0.1) is 0 Å². The summed E-state index contributed by atoms with van der Waals surface area (Å²) in [6, 6.07) is 15.6. The first-order valence-electron chi connectivity index (χ1n) is 8.14. The Kier molecular flexibility index (Phi) is 6.79. The number of carbonyl (C=O) groups excluding carboxylic acids is 1. The highest BCUT2D eigenvalue weighted by Crippen LogP contribution is 2.08. The number of ether oxygens (including phenoxy) is 1. The molecule has 0 radical (unpaired) electrons. The lowest BCUT2D eigenvalue weighted by atomic mass is 10.1. The Morgan fingerprint density at radius 3 is 2.36 bits per heavy atom. The lowest BCUT2D eigenvalue weighted by Crippen LogP contribution is -2.07. The van der Waals surface area contributed by atoms with E-state index in [1.165, 1.54) is 5.56 Å². The van der Waals surface area contributed by atoms with E-state index in [9.17, 15) is 9.59 Å². The van der Waals surface area contributed by atoms with Crippen LogP contribution in [0.2, 0.25) is 0 Å². The van der Waals surface area contributed by atoms with Crippen molar-refractivity contribution >= 4 is 11.9 Å². The minimum absolute atomic E-state index is 0.115. The summed E-state index contributed by atoms with van der Waals surface area (Å²) in [7, 11) is 0. The van der Waals surface area contributed by atoms with Crippen molar-refractivity contribution in [2.24, 2.45) is 0 Å². The van der Waals surface area contributed by atoms with Crippen LogP contribution in [0.5, 0.6) is 0 Å². The molecule has 0 aliphatic rings. The van der Waals surface area contributed by atoms with Crippen LogP contribution in [0.3, 0.4) is 0 Å². The number of hydrogen-bond donors (Lipinski definition) is 1. The summed E-state index contributed by atoms with van der Waals surface area (Å²) < 4.78 is 5.03. The van der Waals surface area contributed by atoms with E-state index >= 15 is 0 Å². The van der Waals surface area contributed by atoms with E-state index in [-0.39, 0.29) is 19.4 Å². The van der Waals surface area contributed by atoms with Gasteiger partial charge in [-0.2, -0.15) is 0 Å². The molecule has 0 heterocycles. The number of carboxylic acid groups (broad SMARTS) is 1. The van der Waals surface area contributed by atoms with E-state index in [2.05, 4.69) is 30.9 Å². The number of aliphatic carboxylic acids is 1. The molecular formula is C21H20O4. The third-order valence-electron chi connectivity index (χ3n) is 3.58. The van der Waals surface area contributed by atoms with Crippen molar-refractivity contribution in [3.05, 3.63) is 70.8 Å². The summed E-state index contributed by atoms with van der Waals surface area (Å²) in [6.45, 7) is 2.24. The third-order valence-corrected chi connectivity index (χ3v) is 3.58. The van der Waals surface area contributed by atoms with Crippen LogP contribution < -0.4 is 0 Å². The van der Waals surface area contributed by atoms with E-state index in [0.29, 0.717) is 0 Å². The van der Waals surface area contributed by atoms with Crippen molar-refractivity contribution in [3.8, 4) is 11.8 Å². The van der Waals surface area contributed by atoms with Gasteiger partial charge in [0, 0.05) is 11.1 Å². The molecule has 2 aromatic carbocycles. The van der Waals surface area contributed by atoms with Crippen molar-refractivity contribution in [2.45, 2.75) is 32.8 Å². The van der Waals surface area contributed by atoms with Crippen LogP contribution in [0.1, 0.15) is 42.0 Å². The summed E-state index contributed by atoms with van der Waals surface area (Å²) >= 11 is 0. The van der Waals surface area contributed by atoms with Crippen LogP contribution in [0, 0.1) is 11.8 Å². The Labute approximate surface area is 147 Å². The first kappa shape index (κ1) is 18.3. The highest BCUT2D eigenvalue weighted by Gasteiger charge is 2.06. The lowest BCUT2D eigenvalue weighted by molar-refractivity contribution is -0.148. The average Bonchev–Trinajstić information content (AvgIpc) is 2.64. The molecule has 2 rings (SSSR count). The molecule has 0 aliphatic carbocycles. The third kappa shape index (κ3) is 6.52. The number of aryl methyl sites for hydroxylation is 1. The maximum Gasteiger partial charge on any atom is 0.306 e. The van der Waals surface area contributed by atoms with Crippen LogP contribution in [0.15, 0.2) is 48.5 Å². The predicted octanol–water partition coefficient (Wildman–Crippen LogP) is 3.56. The van der Waals surface area contributed by atoms with Gasteiger partial charge in [-0.25, -0.2) is 0 Å². The van der Waals surface area contributed by atoms with Gasteiger partial charge < -0.3 is 9.84 Å². The second kappa shape index (κ2) is 9.29. The standard InChI is InChI=1S/C21H20O4/c1-2-16-4-3-5-18(14-16)9-6-17-7-10-19(11-8-17)15-25-21(24)13-12-20(22)23/h3-5,7-8,10-11,14H,2,12-13,15H2,1H3,(H,22,23). The first-order valence-corrected chi connectivity index (χ1v) is 8.14. The molecule has 2 aromatic rings. The SMILES string of the molecule is CCc1cccc(C#Cc2ccc(COC(=O)CCC(=O)O)cc2)c1. The molecule has 4 heteroatoms. The Bertz CT molecular complexity index is 795. The summed E-state index contributed by atoms with van der Waals surface area (Å²) in [5, 5.41) is 8.52. The molecule has 0 atom stereocenters. The second-order valence-electron chi connectivity index (χ2n) is 5.56. The van der Waals surface area contributed by atoms with Gasteiger partial charge in [0.25, 0.3) is 0 Å². The van der Waals surface area contributed by atoms with Crippen LogP contribution in [0.25, 0.3) is 0 Å². The minimum atomic E-state index is -1.01. The summed E-state index contributed by atoms with van der Waals surface area (Å²) in [5.74, 6) is 4.73. The van der Waals surface area contributed by atoms with Crippen LogP contribution in [-0.4, -0.2) is 17.0 Å². The van der Waals surface area contributed by atoms with Gasteiger partial charge in [0.15, 0.2) is 0 Å². The molecular weight excluding hydrogens is 316 g/mol. The molecule has 0 unspecified atom stereocenters. The lowest BCUT2D eigenvalue weighted by Gasteiger charge is -2.04. The fourth-order valence-corrected chi connectivity index (χ4v) is 2.14. The van der Waals surface area contributed by atoms with Crippen molar-refractivity contribution in [1.29, 1.82) is 0 Å². The molecule has 128 valence electrons. The molecule has 0 fully saturated rings. The maximum absolute atomic E-state index is 11.4. The fourth-order valence-electron chi connectivity index (χ4n) is 2.14. The minimum Gasteiger partial charge on any atom is -0.481 e. The summed E-state index contributed by atoms with van der Waals surface area (Å²) in [6.07, 6.45) is 0.651. The zero-order valence-electron chi connectivity index (χ0n) is 14.1. The Balaban J connectivity index is 1.91. The van der Waals surface area contributed by atoms with E-state index in [4.69, 9.17) is 9.84 Å². The van der Waals surface area contributed by atoms with E-state index in [0.717, 1.165) is 23.1 Å². The highest BCUT2D eigenvalue weighted by molar-refractivity contribution is 5.76. The number of benzene rings is 2. The predicted molar refractivity (Wildman–Crippen MR) is 94.9 cm³/mol. The van der Waals surface area contributed by atoms with Crippen LogP contribution in [-0.2, 0) is 27.4 Å². The van der Waals surface area contributed by atoms with Gasteiger partial charge in [0.2, 0.25) is 0 Å². The van der Waals surface area contributed by atoms with E-state index < -0.39 is 11.9 Å². The summed E-state index contributed by atoms with van der Waals surface area (Å²) in [5.41, 5.74) is 3.95. The topological polar surface area (TPSA) is 63.6 Å². The van der Waals surface area contributed by atoms with Crippen molar-refractivity contribution < 1.29 is 19.4 Å². The maximum atomic E-state index is 11.4. The second-order valence-corrected chi connectivity index (χ2v) is 5.56. The molecule has 0 aliphatic heterocycles. The molecule has 0 spiro atoms. The highest BCUT2D eigenvalue weighted by atomic mass is 16.5. The Morgan fingerprint density at radius 1 is 0.960 bits per heavy atom. The molecule has 0 saturated heterocycles. The quantitative estimate of drug-likeness (QED) is 0.647. The molecule has 25 heavy (non-hydrogen) atoms. The monoisotopic (exact) mass is 336 g/mol. The number of rotatable bonds is 6. The Hall–Kier alpha value is -3.06. The van der Waals surface area contributed by atoms with Crippen LogP contribution >= 0.6 is 0 Å².